The molecule has 1 heterocycles. The Hall–Kier alpha value is -1.02. The molecule has 21 heavy (non-hydrogen) atoms. The zero-order chi connectivity index (χ0) is 15.7. The highest BCUT2D eigenvalue weighted by Gasteiger charge is 2.14. The molecule has 0 atom stereocenters. The number of sulfonamides is 1. The maximum atomic E-state index is 12.0. The van der Waals surface area contributed by atoms with Crippen molar-refractivity contribution in [1.29, 1.82) is 0 Å². The van der Waals surface area contributed by atoms with Crippen LogP contribution in [-0.2, 0) is 21.3 Å². The van der Waals surface area contributed by atoms with Gasteiger partial charge < -0.3 is 10.1 Å². The molecule has 0 fully saturated rings. The fourth-order valence-corrected chi connectivity index (χ4v) is 2.70. The third-order valence-electron chi connectivity index (χ3n) is 2.77. The van der Waals surface area contributed by atoms with Crippen LogP contribution in [0.15, 0.2) is 23.4 Å². The van der Waals surface area contributed by atoms with E-state index in [4.69, 9.17) is 4.74 Å². The van der Waals surface area contributed by atoms with Crippen LogP contribution in [0.4, 0.5) is 0 Å². The van der Waals surface area contributed by atoms with Crippen LogP contribution in [0.3, 0.4) is 0 Å². The van der Waals surface area contributed by atoms with Crippen molar-refractivity contribution in [3.63, 3.8) is 0 Å². The van der Waals surface area contributed by atoms with E-state index in [2.05, 4.69) is 15.0 Å². The Morgan fingerprint density at radius 3 is 2.62 bits per heavy atom. The number of hydrogen-bond donors (Lipinski definition) is 2. The lowest BCUT2D eigenvalue weighted by Crippen LogP contribution is -2.26. The predicted octanol–water partition coefficient (Wildman–Crippen LogP) is 1.28. The van der Waals surface area contributed by atoms with Crippen LogP contribution in [0, 0.1) is 0 Å². The van der Waals surface area contributed by atoms with Gasteiger partial charge in [-0.05, 0) is 45.4 Å². The second-order valence-corrected chi connectivity index (χ2v) is 6.77. The molecular formula is C14H25N3O3S. The van der Waals surface area contributed by atoms with Gasteiger partial charge in [0.15, 0.2) is 5.03 Å². The average Bonchev–Trinajstić information content (AvgIpc) is 2.43. The summed E-state index contributed by atoms with van der Waals surface area (Å²) in [6.07, 6.45) is 3.35. The van der Waals surface area contributed by atoms with E-state index >= 15 is 0 Å². The fourth-order valence-electron chi connectivity index (χ4n) is 1.71. The number of ether oxygens (including phenoxy) is 1. The monoisotopic (exact) mass is 315 g/mol. The van der Waals surface area contributed by atoms with Gasteiger partial charge in [-0.25, -0.2) is 18.1 Å². The third-order valence-corrected chi connectivity index (χ3v) is 4.14. The van der Waals surface area contributed by atoms with Crippen LogP contribution < -0.4 is 10.0 Å². The molecule has 0 radical (unpaired) electrons. The molecule has 0 aliphatic carbocycles. The van der Waals surface area contributed by atoms with E-state index < -0.39 is 10.0 Å². The second kappa shape index (κ2) is 9.09. The smallest absolute Gasteiger partial charge is 0.258 e. The molecule has 1 aromatic heterocycles. The molecule has 0 unspecified atom stereocenters. The van der Waals surface area contributed by atoms with Crippen molar-refractivity contribution < 1.29 is 13.2 Å². The highest BCUT2D eigenvalue weighted by atomic mass is 32.2. The number of unbranched alkanes of at least 4 members (excludes halogenated alkanes) is 1. The molecule has 0 saturated carbocycles. The van der Waals surface area contributed by atoms with Crippen LogP contribution in [-0.4, -0.2) is 39.7 Å². The van der Waals surface area contributed by atoms with Crippen molar-refractivity contribution in [1.82, 2.24) is 15.0 Å². The molecular weight excluding hydrogens is 290 g/mol. The standard InChI is InChI=1S/C14H25N3O3S/c1-12(2)20-9-5-4-8-17-21(18,19)14-7-6-13(10-15-3)11-16-14/h6-7,11-12,15,17H,4-5,8-10H2,1-3H3. The van der Waals surface area contributed by atoms with Gasteiger partial charge in [0.1, 0.15) is 0 Å². The first-order valence-corrected chi connectivity index (χ1v) is 8.65. The summed E-state index contributed by atoms with van der Waals surface area (Å²) in [7, 11) is -1.69. The molecule has 7 heteroatoms. The van der Waals surface area contributed by atoms with Gasteiger partial charge in [0, 0.05) is 25.9 Å². The zero-order valence-corrected chi connectivity index (χ0v) is 13.7. The summed E-state index contributed by atoms with van der Waals surface area (Å²) in [6, 6.07) is 3.28. The Balaban J connectivity index is 2.39. The second-order valence-electron chi connectivity index (χ2n) is 5.06. The van der Waals surface area contributed by atoms with Crippen molar-refractivity contribution in [2.75, 3.05) is 20.2 Å². The summed E-state index contributed by atoms with van der Waals surface area (Å²) in [5.41, 5.74) is 0.947. The van der Waals surface area contributed by atoms with E-state index in [9.17, 15) is 8.42 Å². The number of nitrogens with one attached hydrogen (secondary N) is 2. The average molecular weight is 315 g/mol. The molecule has 0 aliphatic rings. The molecule has 2 N–H and O–H groups in total. The van der Waals surface area contributed by atoms with Crippen molar-refractivity contribution in [3.05, 3.63) is 23.9 Å². The molecule has 0 aliphatic heterocycles. The Labute approximate surface area is 127 Å². The SMILES string of the molecule is CNCc1ccc(S(=O)(=O)NCCCCOC(C)C)nc1. The highest BCUT2D eigenvalue weighted by molar-refractivity contribution is 7.89. The van der Waals surface area contributed by atoms with E-state index in [-0.39, 0.29) is 11.1 Å². The maximum absolute atomic E-state index is 12.0. The first-order chi connectivity index (χ1) is 9.95. The van der Waals surface area contributed by atoms with Gasteiger partial charge in [-0.1, -0.05) is 6.07 Å². The molecule has 1 rings (SSSR count). The van der Waals surface area contributed by atoms with Crippen molar-refractivity contribution in [2.24, 2.45) is 0 Å². The van der Waals surface area contributed by atoms with Gasteiger partial charge in [0.2, 0.25) is 0 Å². The Morgan fingerprint density at radius 1 is 1.29 bits per heavy atom. The minimum atomic E-state index is -3.52. The third kappa shape index (κ3) is 6.99. The molecule has 0 saturated heterocycles. The summed E-state index contributed by atoms with van der Waals surface area (Å²) in [6.45, 7) is 5.66. The molecule has 6 nitrogen and oxygen atoms in total. The Kier molecular flexibility index (Phi) is 7.81. The summed E-state index contributed by atoms with van der Waals surface area (Å²) in [5.74, 6) is 0. The number of rotatable bonds is 10. The van der Waals surface area contributed by atoms with Crippen LogP contribution in [0.1, 0.15) is 32.3 Å². The lowest BCUT2D eigenvalue weighted by atomic mass is 10.3. The van der Waals surface area contributed by atoms with Crippen LogP contribution in [0.5, 0.6) is 0 Å². The van der Waals surface area contributed by atoms with Crippen molar-refractivity contribution in [3.8, 4) is 0 Å². The van der Waals surface area contributed by atoms with E-state index in [0.29, 0.717) is 19.7 Å². The number of hydrogen-bond acceptors (Lipinski definition) is 5. The van der Waals surface area contributed by atoms with E-state index in [1.807, 2.05) is 20.9 Å². The summed E-state index contributed by atoms with van der Waals surface area (Å²) in [4.78, 5) is 3.99. The summed E-state index contributed by atoms with van der Waals surface area (Å²) >= 11 is 0. The largest absolute Gasteiger partial charge is 0.379 e. The van der Waals surface area contributed by atoms with Gasteiger partial charge in [0.05, 0.1) is 6.10 Å². The Bertz CT molecular complexity index is 501. The molecule has 1 aromatic rings. The van der Waals surface area contributed by atoms with Gasteiger partial charge in [-0.3, -0.25) is 0 Å². The summed E-state index contributed by atoms with van der Waals surface area (Å²) < 4.78 is 32.0. The fraction of sp³-hybridized carbons (Fsp3) is 0.643. The number of aromatic nitrogens is 1. The topological polar surface area (TPSA) is 80.3 Å². The molecule has 0 spiro atoms. The van der Waals surface area contributed by atoms with Crippen molar-refractivity contribution in [2.45, 2.75) is 44.4 Å². The molecule has 0 bridgehead atoms. The highest BCUT2D eigenvalue weighted by Crippen LogP contribution is 2.06. The van der Waals surface area contributed by atoms with Gasteiger partial charge in [0.25, 0.3) is 10.0 Å². The molecule has 0 aromatic carbocycles. The molecule has 120 valence electrons. The first-order valence-electron chi connectivity index (χ1n) is 7.16. The zero-order valence-electron chi connectivity index (χ0n) is 12.9. The van der Waals surface area contributed by atoms with Gasteiger partial charge >= 0.3 is 0 Å². The first kappa shape index (κ1) is 18.0. The Morgan fingerprint density at radius 2 is 2.05 bits per heavy atom. The number of nitrogens with zero attached hydrogens (tertiary/aromatic N) is 1. The summed E-state index contributed by atoms with van der Waals surface area (Å²) in [5, 5.41) is 3.04. The van der Waals surface area contributed by atoms with E-state index in [1.165, 1.54) is 6.07 Å². The molecule has 0 amide bonds. The lowest BCUT2D eigenvalue weighted by Gasteiger charge is -2.08. The van der Waals surface area contributed by atoms with Gasteiger partial charge in [-0.2, -0.15) is 0 Å². The predicted molar refractivity (Wildman–Crippen MR) is 82.5 cm³/mol. The van der Waals surface area contributed by atoms with Gasteiger partial charge in [-0.15, -0.1) is 0 Å². The van der Waals surface area contributed by atoms with Crippen LogP contribution in [0.2, 0.25) is 0 Å². The minimum absolute atomic E-state index is 0.0563. The number of pyridine rings is 1. The van der Waals surface area contributed by atoms with Crippen molar-refractivity contribution >= 4 is 10.0 Å². The lowest BCUT2D eigenvalue weighted by molar-refractivity contribution is 0.0762. The maximum Gasteiger partial charge on any atom is 0.258 e. The van der Waals surface area contributed by atoms with Crippen LogP contribution in [0.25, 0.3) is 0 Å². The van der Waals surface area contributed by atoms with E-state index in [0.717, 1.165) is 18.4 Å². The minimum Gasteiger partial charge on any atom is -0.379 e. The normalized spacial score (nSPS) is 12.0. The van der Waals surface area contributed by atoms with E-state index in [1.54, 1.807) is 12.3 Å². The van der Waals surface area contributed by atoms with Crippen LogP contribution >= 0.6 is 0 Å². The quantitative estimate of drug-likeness (QED) is 0.636.